The maximum atomic E-state index is 13.4. The van der Waals surface area contributed by atoms with Crippen LogP contribution < -0.4 is 10.3 Å². The van der Waals surface area contributed by atoms with Gasteiger partial charge in [-0.1, -0.05) is 6.92 Å². The Morgan fingerprint density at radius 3 is 2.78 bits per heavy atom. The van der Waals surface area contributed by atoms with Crippen molar-refractivity contribution in [3.05, 3.63) is 67.9 Å². The van der Waals surface area contributed by atoms with E-state index in [0.29, 0.717) is 50.5 Å². The summed E-state index contributed by atoms with van der Waals surface area (Å²) < 4.78 is 13.1. The van der Waals surface area contributed by atoms with Crippen LogP contribution in [0.5, 0.6) is 5.75 Å². The minimum atomic E-state index is -0.173. The second kappa shape index (κ2) is 9.70. The number of methoxy groups -OCH3 is 1. The summed E-state index contributed by atoms with van der Waals surface area (Å²) in [6.45, 7) is 5.07. The Bertz CT molecular complexity index is 1140. The van der Waals surface area contributed by atoms with E-state index in [2.05, 4.69) is 16.8 Å². The molecule has 0 spiro atoms. The van der Waals surface area contributed by atoms with Crippen LogP contribution in [0.15, 0.2) is 39.0 Å². The molecule has 0 unspecified atom stereocenters. The van der Waals surface area contributed by atoms with Crippen LogP contribution in [-0.2, 0) is 32.5 Å². The van der Waals surface area contributed by atoms with E-state index in [-0.39, 0.29) is 11.5 Å². The Kier molecular flexibility index (Phi) is 6.76. The van der Waals surface area contributed by atoms with Crippen LogP contribution in [-0.4, -0.2) is 52.5 Å². The number of thiazole rings is 1. The molecule has 9 heteroatoms. The predicted octanol–water partition coefficient (Wildman–Crippen LogP) is 2.80. The Morgan fingerprint density at radius 1 is 1.28 bits per heavy atom. The van der Waals surface area contributed by atoms with Gasteiger partial charge in [-0.05, 0) is 12.1 Å². The zero-order valence-corrected chi connectivity index (χ0v) is 19.5. The molecule has 0 N–H and O–H groups in total. The molecular formula is C23H28N4O4S. The molecule has 0 saturated carbocycles. The van der Waals surface area contributed by atoms with Crippen molar-refractivity contribution in [1.82, 2.24) is 19.4 Å². The Hall–Kier alpha value is -2.91. The SMILES string of the molecule is CCc1ccc(CN2CCc3c(C(=O)N(C)Cc4nccs4)c(OC)cc(=O)n3CC2)o1. The topological polar surface area (TPSA) is 80.8 Å². The number of hydrogen-bond donors (Lipinski definition) is 0. The number of rotatable bonds is 7. The van der Waals surface area contributed by atoms with E-state index in [9.17, 15) is 9.59 Å². The van der Waals surface area contributed by atoms with Crippen molar-refractivity contribution in [1.29, 1.82) is 0 Å². The summed E-state index contributed by atoms with van der Waals surface area (Å²) in [5, 5.41) is 2.74. The fourth-order valence-electron chi connectivity index (χ4n) is 4.06. The predicted molar refractivity (Wildman–Crippen MR) is 122 cm³/mol. The first-order chi connectivity index (χ1) is 15.5. The van der Waals surface area contributed by atoms with E-state index < -0.39 is 0 Å². The number of fused-ring (bicyclic) bond motifs is 1. The van der Waals surface area contributed by atoms with Crippen molar-refractivity contribution < 1.29 is 13.9 Å². The fraction of sp³-hybridized carbons (Fsp3) is 0.435. The molecule has 3 aromatic rings. The van der Waals surface area contributed by atoms with Crippen molar-refractivity contribution in [2.45, 2.75) is 39.4 Å². The molecule has 0 aromatic carbocycles. The summed E-state index contributed by atoms with van der Waals surface area (Å²) in [4.78, 5) is 34.4. The van der Waals surface area contributed by atoms with Gasteiger partial charge >= 0.3 is 0 Å². The maximum absolute atomic E-state index is 13.4. The highest BCUT2D eigenvalue weighted by atomic mass is 32.1. The lowest BCUT2D eigenvalue weighted by Gasteiger charge is -2.21. The number of amides is 1. The minimum Gasteiger partial charge on any atom is -0.496 e. The number of nitrogens with zero attached hydrogens (tertiary/aromatic N) is 4. The zero-order chi connectivity index (χ0) is 22.7. The normalized spacial score (nSPS) is 14.1. The van der Waals surface area contributed by atoms with Gasteiger partial charge in [0, 0.05) is 62.9 Å². The second-order valence-electron chi connectivity index (χ2n) is 7.86. The lowest BCUT2D eigenvalue weighted by Crippen LogP contribution is -2.32. The van der Waals surface area contributed by atoms with Crippen LogP contribution in [0, 0.1) is 0 Å². The van der Waals surface area contributed by atoms with Gasteiger partial charge in [0.2, 0.25) is 0 Å². The summed E-state index contributed by atoms with van der Waals surface area (Å²) in [6.07, 6.45) is 3.16. The monoisotopic (exact) mass is 456 g/mol. The minimum absolute atomic E-state index is 0.149. The summed E-state index contributed by atoms with van der Waals surface area (Å²) in [5.41, 5.74) is 1.03. The smallest absolute Gasteiger partial charge is 0.259 e. The van der Waals surface area contributed by atoms with Gasteiger partial charge in [0.1, 0.15) is 27.8 Å². The van der Waals surface area contributed by atoms with Crippen LogP contribution in [0.3, 0.4) is 0 Å². The molecule has 4 heterocycles. The molecule has 3 aromatic heterocycles. The Balaban J connectivity index is 1.60. The molecule has 8 nitrogen and oxygen atoms in total. The molecule has 0 saturated heterocycles. The van der Waals surface area contributed by atoms with Gasteiger partial charge in [-0.15, -0.1) is 11.3 Å². The number of furan rings is 1. The zero-order valence-electron chi connectivity index (χ0n) is 18.7. The van der Waals surface area contributed by atoms with E-state index in [1.807, 2.05) is 17.5 Å². The van der Waals surface area contributed by atoms with Crippen LogP contribution in [0.4, 0.5) is 0 Å². The molecule has 32 heavy (non-hydrogen) atoms. The largest absolute Gasteiger partial charge is 0.496 e. The lowest BCUT2D eigenvalue weighted by atomic mass is 10.1. The van der Waals surface area contributed by atoms with Gasteiger partial charge in [-0.3, -0.25) is 14.5 Å². The van der Waals surface area contributed by atoms with E-state index in [0.717, 1.165) is 28.6 Å². The Labute approximate surface area is 191 Å². The number of pyridine rings is 1. The van der Waals surface area contributed by atoms with Gasteiger partial charge in [-0.25, -0.2) is 4.98 Å². The highest BCUT2D eigenvalue weighted by Crippen LogP contribution is 2.25. The van der Waals surface area contributed by atoms with Gasteiger partial charge in [0.15, 0.2) is 0 Å². The number of hydrogen-bond acceptors (Lipinski definition) is 7. The first kappa shape index (κ1) is 22.3. The molecule has 4 rings (SSSR count). The molecule has 1 aliphatic rings. The number of aromatic nitrogens is 2. The summed E-state index contributed by atoms with van der Waals surface area (Å²) >= 11 is 1.51. The maximum Gasteiger partial charge on any atom is 0.259 e. The molecule has 0 aliphatic carbocycles. The number of carbonyl (C=O) groups excluding carboxylic acids is 1. The highest BCUT2D eigenvalue weighted by Gasteiger charge is 2.27. The van der Waals surface area contributed by atoms with Gasteiger partial charge in [0.05, 0.1) is 20.2 Å². The quantitative estimate of drug-likeness (QED) is 0.544. The van der Waals surface area contributed by atoms with Crippen LogP contribution in [0.25, 0.3) is 0 Å². The number of aryl methyl sites for hydroxylation is 1. The van der Waals surface area contributed by atoms with Gasteiger partial charge < -0.3 is 18.6 Å². The van der Waals surface area contributed by atoms with Gasteiger partial charge in [0.25, 0.3) is 11.5 Å². The average molecular weight is 457 g/mol. The van der Waals surface area contributed by atoms with Crippen molar-refractivity contribution in [3.8, 4) is 5.75 Å². The molecular weight excluding hydrogens is 428 g/mol. The fourth-order valence-corrected chi connectivity index (χ4v) is 4.73. The molecule has 1 aliphatic heterocycles. The molecule has 1 amide bonds. The third kappa shape index (κ3) is 4.63. The number of carbonyl (C=O) groups is 1. The van der Waals surface area contributed by atoms with Crippen molar-refractivity contribution in [2.24, 2.45) is 0 Å². The Morgan fingerprint density at radius 2 is 2.09 bits per heavy atom. The number of ether oxygens (including phenoxy) is 1. The van der Waals surface area contributed by atoms with Crippen molar-refractivity contribution in [3.63, 3.8) is 0 Å². The highest BCUT2D eigenvalue weighted by molar-refractivity contribution is 7.09. The first-order valence-electron chi connectivity index (χ1n) is 10.7. The summed E-state index contributed by atoms with van der Waals surface area (Å²) in [7, 11) is 3.24. The third-order valence-corrected chi connectivity index (χ3v) is 6.53. The third-order valence-electron chi connectivity index (χ3n) is 5.77. The average Bonchev–Trinajstić information content (AvgIpc) is 3.42. The molecule has 0 radical (unpaired) electrons. The standard InChI is InChI=1S/C23H28N4O4S/c1-4-16-5-6-17(31-16)14-26-9-7-18-22(19(30-3)13-21(28)27(18)11-10-26)23(29)25(2)15-20-24-8-12-32-20/h5-6,8,12-13H,4,7,9-11,14-15H2,1-3H3. The summed E-state index contributed by atoms with van der Waals surface area (Å²) in [6, 6.07) is 5.44. The molecule has 0 bridgehead atoms. The van der Waals surface area contributed by atoms with Crippen LogP contribution in [0.2, 0.25) is 0 Å². The second-order valence-corrected chi connectivity index (χ2v) is 8.84. The van der Waals surface area contributed by atoms with Crippen LogP contribution >= 0.6 is 11.3 Å². The van der Waals surface area contributed by atoms with E-state index in [1.54, 1.807) is 22.7 Å². The summed E-state index contributed by atoms with van der Waals surface area (Å²) in [5.74, 6) is 2.03. The molecule has 170 valence electrons. The molecule has 0 fully saturated rings. The van der Waals surface area contributed by atoms with Crippen molar-refractivity contribution >= 4 is 17.2 Å². The molecule has 0 atom stereocenters. The van der Waals surface area contributed by atoms with E-state index >= 15 is 0 Å². The van der Waals surface area contributed by atoms with Crippen molar-refractivity contribution in [2.75, 3.05) is 27.2 Å². The first-order valence-corrected chi connectivity index (χ1v) is 11.6. The van der Waals surface area contributed by atoms with E-state index in [1.165, 1.54) is 24.5 Å². The lowest BCUT2D eigenvalue weighted by molar-refractivity contribution is 0.0779. The van der Waals surface area contributed by atoms with Gasteiger partial charge in [-0.2, -0.15) is 0 Å². The van der Waals surface area contributed by atoms with E-state index in [4.69, 9.17) is 9.15 Å². The van der Waals surface area contributed by atoms with Crippen LogP contribution in [0.1, 0.15) is 39.5 Å².